The molecule has 72 valence electrons. The van der Waals surface area contributed by atoms with Gasteiger partial charge in [-0.2, -0.15) is 0 Å². The van der Waals surface area contributed by atoms with Crippen LogP contribution in [0.3, 0.4) is 0 Å². The summed E-state index contributed by atoms with van der Waals surface area (Å²) in [6, 6.07) is 3.99. The Morgan fingerprint density at radius 2 is 1.85 bits per heavy atom. The van der Waals surface area contributed by atoms with Gasteiger partial charge in [-0.05, 0) is 19.1 Å². The van der Waals surface area contributed by atoms with Gasteiger partial charge in [0.25, 0.3) is 0 Å². The van der Waals surface area contributed by atoms with Crippen LogP contribution in [0.1, 0.15) is 32.2 Å². The van der Waals surface area contributed by atoms with Crippen LogP contribution in [-0.4, -0.2) is 12.1 Å². The number of aryl methyl sites for hydroxylation is 1. The van der Waals surface area contributed by atoms with Crippen LogP contribution in [0.4, 0.5) is 0 Å². The Labute approximate surface area is 80.0 Å². The standard InChI is InChI=1S/C11H17NO/c1-8-9(13-5)6-7-10(12-8)11(2,3)4/h6-7H,1-5H3. The SMILES string of the molecule is COc1ccc(C(C)(C)C)nc1C. The van der Waals surface area contributed by atoms with Gasteiger partial charge in [0, 0.05) is 11.1 Å². The maximum absolute atomic E-state index is 5.15. The molecule has 2 nitrogen and oxygen atoms in total. The summed E-state index contributed by atoms with van der Waals surface area (Å²) in [5.41, 5.74) is 2.16. The van der Waals surface area contributed by atoms with Crippen LogP contribution in [0.25, 0.3) is 0 Å². The number of rotatable bonds is 1. The average Bonchev–Trinajstić information content (AvgIpc) is 2.02. The van der Waals surface area contributed by atoms with Crippen molar-refractivity contribution in [2.75, 3.05) is 7.11 Å². The molecule has 0 saturated heterocycles. The Balaban J connectivity index is 3.10. The van der Waals surface area contributed by atoms with Gasteiger partial charge in [-0.1, -0.05) is 20.8 Å². The fourth-order valence-electron chi connectivity index (χ4n) is 1.18. The van der Waals surface area contributed by atoms with E-state index in [4.69, 9.17) is 4.74 Å². The maximum atomic E-state index is 5.15. The molecule has 0 spiro atoms. The second kappa shape index (κ2) is 3.36. The first-order valence-corrected chi connectivity index (χ1v) is 4.47. The van der Waals surface area contributed by atoms with Crippen LogP contribution >= 0.6 is 0 Å². The quantitative estimate of drug-likeness (QED) is 0.661. The van der Waals surface area contributed by atoms with E-state index in [1.165, 1.54) is 0 Å². The van der Waals surface area contributed by atoms with Crippen molar-refractivity contribution in [2.45, 2.75) is 33.1 Å². The number of hydrogen-bond acceptors (Lipinski definition) is 2. The zero-order chi connectivity index (χ0) is 10.1. The highest BCUT2D eigenvalue weighted by molar-refractivity contribution is 5.30. The van der Waals surface area contributed by atoms with Crippen LogP contribution < -0.4 is 4.74 Å². The van der Waals surface area contributed by atoms with Gasteiger partial charge in [0.05, 0.1) is 12.8 Å². The molecular formula is C11H17NO. The van der Waals surface area contributed by atoms with E-state index in [-0.39, 0.29) is 5.41 Å². The van der Waals surface area contributed by atoms with Crippen molar-refractivity contribution in [3.63, 3.8) is 0 Å². The second-order valence-corrected chi connectivity index (χ2v) is 4.23. The third-order valence-corrected chi connectivity index (χ3v) is 2.03. The predicted octanol–water partition coefficient (Wildman–Crippen LogP) is 2.70. The van der Waals surface area contributed by atoms with E-state index >= 15 is 0 Å². The summed E-state index contributed by atoms with van der Waals surface area (Å²) in [6.45, 7) is 8.43. The number of pyridine rings is 1. The van der Waals surface area contributed by atoms with Crippen molar-refractivity contribution >= 4 is 0 Å². The highest BCUT2D eigenvalue weighted by Crippen LogP contribution is 2.23. The smallest absolute Gasteiger partial charge is 0.140 e. The van der Waals surface area contributed by atoms with E-state index < -0.39 is 0 Å². The van der Waals surface area contributed by atoms with E-state index in [0.29, 0.717) is 0 Å². The number of aromatic nitrogens is 1. The lowest BCUT2D eigenvalue weighted by Gasteiger charge is -2.18. The van der Waals surface area contributed by atoms with E-state index in [0.717, 1.165) is 17.1 Å². The van der Waals surface area contributed by atoms with E-state index in [9.17, 15) is 0 Å². The van der Waals surface area contributed by atoms with Crippen LogP contribution in [-0.2, 0) is 5.41 Å². The second-order valence-electron chi connectivity index (χ2n) is 4.23. The zero-order valence-electron chi connectivity index (χ0n) is 9.01. The molecule has 0 atom stereocenters. The molecule has 1 heterocycles. The molecule has 0 bridgehead atoms. The molecule has 2 heteroatoms. The predicted molar refractivity (Wildman–Crippen MR) is 54.2 cm³/mol. The van der Waals surface area contributed by atoms with Crippen LogP contribution in [0, 0.1) is 6.92 Å². The summed E-state index contributed by atoms with van der Waals surface area (Å²) < 4.78 is 5.15. The van der Waals surface area contributed by atoms with Gasteiger partial charge >= 0.3 is 0 Å². The molecule has 0 aromatic carbocycles. The molecule has 0 saturated carbocycles. The highest BCUT2D eigenvalue weighted by Gasteiger charge is 2.16. The van der Waals surface area contributed by atoms with E-state index in [1.807, 2.05) is 19.1 Å². The number of methoxy groups -OCH3 is 1. The summed E-state index contributed by atoms with van der Waals surface area (Å²) in [7, 11) is 1.67. The molecular weight excluding hydrogens is 162 g/mol. The summed E-state index contributed by atoms with van der Waals surface area (Å²) in [5, 5.41) is 0. The Hall–Kier alpha value is -1.05. The molecule has 1 rings (SSSR count). The van der Waals surface area contributed by atoms with Crippen LogP contribution in [0.5, 0.6) is 5.75 Å². The van der Waals surface area contributed by atoms with Gasteiger partial charge in [0.1, 0.15) is 5.75 Å². The lowest BCUT2D eigenvalue weighted by Crippen LogP contribution is -2.14. The molecule has 0 aliphatic rings. The molecule has 0 N–H and O–H groups in total. The van der Waals surface area contributed by atoms with Crippen molar-refractivity contribution in [1.29, 1.82) is 0 Å². The number of nitrogens with zero attached hydrogens (tertiary/aromatic N) is 1. The molecule has 13 heavy (non-hydrogen) atoms. The third kappa shape index (κ3) is 2.20. The van der Waals surface area contributed by atoms with Crippen molar-refractivity contribution in [3.05, 3.63) is 23.5 Å². The van der Waals surface area contributed by atoms with Crippen molar-refractivity contribution in [3.8, 4) is 5.75 Å². The Morgan fingerprint density at radius 3 is 2.23 bits per heavy atom. The van der Waals surface area contributed by atoms with Crippen molar-refractivity contribution in [1.82, 2.24) is 4.98 Å². The largest absolute Gasteiger partial charge is 0.495 e. The summed E-state index contributed by atoms with van der Waals surface area (Å²) in [4.78, 5) is 4.49. The monoisotopic (exact) mass is 179 g/mol. The summed E-state index contributed by atoms with van der Waals surface area (Å²) in [5.74, 6) is 0.855. The van der Waals surface area contributed by atoms with E-state index in [1.54, 1.807) is 7.11 Å². The minimum absolute atomic E-state index is 0.108. The first kappa shape index (κ1) is 10.0. The molecule has 0 aliphatic carbocycles. The van der Waals surface area contributed by atoms with Gasteiger partial charge in [-0.15, -0.1) is 0 Å². The van der Waals surface area contributed by atoms with Gasteiger partial charge in [0.2, 0.25) is 0 Å². The highest BCUT2D eigenvalue weighted by atomic mass is 16.5. The first-order valence-electron chi connectivity index (χ1n) is 4.47. The van der Waals surface area contributed by atoms with Crippen molar-refractivity contribution < 1.29 is 4.74 Å². The molecule has 1 aromatic heterocycles. The Kier molecular flexibility index (Phi) is 2.60. The maximum Gasteiger partial charge on any atom is 0.140 e. The molecule has 0 radical (unpaired) electrons. The van der Waals surface area contributed by atoms with Gasteiger partial charge < -0.3 is 4.74 Å². The van der Waals surface area contributed by atoms with Crippen molar-refractivity contribution in [2.24, 2.45) is 0 Å². The molecule has 0 unspecified atom stereocenters. The molecule has 1 aromatic rings. The molecule has 0 aliphatic heterocycles. The Bertz CT molecular complexity index is 299. The summed E-state index contributed by atoms with van der Waals surface area (Å²) in [6.07, 6.45) is 0. The van der Waals surface area contributed by atoms with Crippen LogP contribution in [0.2, 0.25) is 0 Å². The third-order valence-electron chi connectivity index (χ3n) is 2.03. The average molecular weight is 179 g/mol. The van der Waals surface area contributed by atoms with Gasteiger partial charge in [0.15, 0.2) is 0 Å². The zero-order valence-corrected chi connectivity index (χ0v) is 9.01. The van der Waals surface area contributed by atoms with Gasteiger partial charge in [-0.3, -0.25) is 4.98 Å². The number of hydrogen-bond donors (Lipinski definition) is 0. The molecule has 0 amide bonds. The summed E-state index contributed by atoms with van der Waals surface area (Å²) >= 11 is 0. The number of ether oxygens (including phenoxy) is 1. The minimum atomic E-state index is 0.108. The normalized spacial score (nSPS) is 11.5. The lowest BCUT2D eigenvalue weighted by atomic mass is 9.91. The Morgan fingerprint density at radius 1 is 1.23 bits per heavy atom. The van der Waals surface area contributed by atoms with E-state index in [2.05, 4.69) is 25.8 Å². The van der Waals surface area contributed by atoms with Gasteiger partial charge in [-0.25, -0.2) is 0 Å². The first-order chi connectivity index (χ1) is 5.95. The minimum Gasteiger partial charge on any atom is -0.495 e. The fourth-order valence-corrected chi connectivity index (χ4v) is 1.18. The lowest BCUT2D eigenvalue weighted by molar-refractivity contribution is 0.407. The fraction of sp³-hybridized carbons (Fsp3) is 0.545. The van der Waals surface area contributed by atoms with Crippen LogP contribution in [0.15, 0.2) is 12.1 Å². The molecule has 0 fully saturated rings. The topological polar surface area (TPSA) is 22.1 Å².